The van der Waals surface area contributed by atoms with Gasteiger partial charge in [0.15, 0.2) is 0 Å². The van der Waals surface area contributed by atoms with Crippen molar-refractivity contribution >= 4 is 0 Å². The molecule has 0 aromatic carbocycles. The van der Waals surface area contributed by atoms with Crippen LogP contribution in [0, 0.1) is 12.3 Å². The predicted molar refractivity (Wildman–Crippen MR) is 30.5 cm³/mol. The van der Waals surface area contributed by atoms with Crippen LogP contribution in [-0.4, -0.2) is 26.3 Å². The summed E-state index contributed by atoms with van der Waals surface area (Å²) in [5.41, 5.74) is 0. The lowest BCUT2D eigenvalue weighted by molar-refractivity contribution is -0.222. The first kappa shape index (κ1) is 6.56. The van der Waals surface area contributed by atoms with Crippen LogP contribution in [-0.2, 0) is 14.2 Å². The summed E-state index contributed by atoms with van der Waals surface area (Å²) in [5.74, 6) is 2.31. The first-order valence-electron chi connectivity index (χ1n) is 2.72. The van der Waals surface area contributed by atoms with E-state index < -0.39 is 6.48 Å². The fourth-order valence-corrected chi connectivity index (χ4v) is 0.549. The van der Waals surface area contributed by atoms with E-state index >= 15 is 0 Å². The summed E-state index contributed by atoms with van der Waals surface area (Å²) >= 11 is 0. The molecule has 0 aromatic heterocycles. The zero-order valence-corrected chi connectivity index (χ0v) is 5.00. The Labute approximate surface area is 53.9 Å². The van der Waals surface area contributed by atoms with E-state index in [0.717, 1.165) is 0 Å². The Morgan fingerprint density at radius 1 is 1.56 bits per heavy atom. The van der Waals surface area contributed by atoms with E-state index in [1.54, 1.807) is 0 Å². The molecule has 1 heterocycles. The lowest BCUT2D eigenvalue weighted by atomic mass is 10.8. The molecule has 0 aromatic rings. The summed E-state index contributed by atoms with van der Waals surface area (Å²) in [5, 5.41) is 0. The van der Waals surface area contributed by atoms with Crippen molar-refractivity contribution in [3.63, 3.8) is 0 Å². The molecule has 0 N–H and O–H groups in total. The number of hydrogen-bond acceptors (Lipinski definition) is 3. The SMILES string of the molecule is C#CCOC1OCCO1. The molecule has 1 aliphatic rings. The van der Waals surface area contributed by atoms with Crippen LogP contribution in [0.25, 0.3) is 0 Å². The Balaban J connectivity index is 2.06. The highest BCUT2D eigenvalue weighted by Gasteiger charge is 2.14. The van der Waals surface area contributed by atoms with Gasteiger partial charge in [-0.05, 0) is 0 Å². The normalized spacial score (nSPS) is 19.9. The minimum atomic E-state index is -0.527. The Bertz CT molecular complexity index is 110. The first-order valence-corrected chi connectivity index (χ1v) is 2.72. The van der Waals surface area contributed by atoms with Crippen LogP contribution in [0.4, 0.5) is 0 Å². The molecule has 9 heavy (non-hydrogen) atoms. The minimum Gasteiger partial charge on any atom is -0.327 e. The Kier molecular flexibility index (Phi) is 2.52. The minimum absolute atomic E-state index is 0.241. The third kappa shape index (κ3) is 2.02. The van der Waals surface area contributed by atoms with Gasteiger partial charge in [-0.2, -0.15) is 0 Å². The largest absolute Gasteiger partial charge is 0.327 e. The Hall–Kier alpha value is -0.560. The zero-order chi connectivity index (χ0) is 6.53. The van der Waals surface area contributed by atoms with E-state index in [-0.39, 0.29) is 6.61 Å². The van der Waals surface area contributed by atoms with Gasteiger partial charge in [0.2, 0.25) is 0 Å². The molecule has 3 heteroatoms. The van der Waals surface area contributed by atoms with Crippen molar-refractivity contribution in [1.29, 1.82) is 0 Å². The molecule has 0 amide bonds. The molecule has 0 atom stereocenters. The molecular formula is C6H8O3. The molecule has 1 aliphatic heterocycles. The third-order valence-electron chi connectivity index (χ3n) is 0.894. The van der Waals surface area contributed by atoms with Crippen LogP contribution in [0.5, 0.6) is 0 Å². The second-order valence-corrected chi connectivity index (χ2v) is 1.55. The smallest absolute Gasteiger partial charge is 0.272 e. The molecule has 50 valence electrons. The van der Waals surface area contributed by atoms with Gasteiger partial charge < -0.3 is 14.2 Å². The maximum absolute atomic E-state index is 4.92. The van der Waals surface area contributed by atoms with Gasteiger partial charge in [-0.15, -0.1) is 6.42 Å². The van der Waals surface area contributed by atoms with Crippen molar-refractivity contribution in [2.45, 2.75) is 6.48 Å². The van der Waals surface area contributed by atoms with Crippen LogP contribution in [0.2, 0.25) is 0 Å². The Morgan fingerprint density at radius 2 is 2.22 bits per heavy atom. The van der Waals surface area contributed by atoms with Gasteiger partial charge in [-0.25, -0.2) is 0 Å². The average Bonchev–Trinajstić information content (AvgIpc) is 2.34. The highest BCUT2D eigenvalue weighted by molar-refractivity contribution is 4.82. The molecule has 1 fully saturated rings. The van der Waals surface area contributed by atoms with Crippen molar-refractivity contribution in [3.05, 3.63) is 0 Å². The molecular weight excluding hydrogens is 120 g/mol. The van der Waals surface area contributed by atoms with Crippen molar-refractivity contribution in [1.82, 2.24) is 0 Å². The van der Waals surface area contributed by atoms with E-state index in [9.17, 15) is 0 Å². The van der Waals surface area contributed by atoms with Gasteiger partial charge in [-0.1, -0.05) is 5.92 Å². The van der Waals surface area contributed by atoms with E-state index in [4.69, 9.17) is 20.6 Å². The summed E-state index contributed by atoms with van der Waals surface area (Å²) in [7, 11) is 0. The van der Waals surface area contributed by atoms with Gasteiger partial charge in [0, 0.05) is 0 Å². The molecule has 0 radical (unpaired) electrons. The molecule has 1 saturated heterocycles. The van der Waals surface area contributed by atoms with E-state index in [0.29, 0.717) is 13.2 Å². The second kappa shape index (κ2) is 3.46. The zero-order valence-electron chi connectivity index (χ0n) is 5.00. The number of rotatable bonds is 2. The lowest BCUT2D eigenvalue weighted by Gasteiger charge is -2.05. The van der Waals surface area contributed by atoms with Crippen LogP contribution >= 0.6 is 0 Å². The summed E-state index contributed by atoms with van der Waals surface area (Å²) in [4.78, 5) is 0. The lowest BCUT2D eigenvalue weighted by Crippen LogP contribution is -2.12. The predicted octanol–water partition coefficient (Wildman–Crippen LogP) is -0.0334. The number of terminal acetylenes is 1. The number of ether oxygens (including phenoxy) is 3. The van der Waals surface area contributed by atoms with Gasteiger partial charge >= 0.3 is 0 Å². The highest BCUT2D eigenvalue weighted by atomic mass is 16.9. The van der Waals surface area contributed by atoms with Gasteiger partial charge in [-0.3, -0.25) is 0 Å². The standard InChI is InChI=1S/C6H8O3/c1-2-3-7-6-8-4-5-9-6/h1,6H,3-5H2. The topological polar surface area (TPSA) is 27.7 Å². The van der Waals surface area contributed by atoms with Crippen molar-refractivity contribution in [2.24, 2.45) is 0 Å². The van der Waals surface area contributed by atoms with Crippen LogP contribution in [0.1, 0.15) is 0 Å². The summed E-state index contributed by atoms with van der Waals surface area (Å²) in [6.07, 6.45) is 4.92. The quantitative estimate of drug-likeness (QED) is 0.488. The van der Waals surface area contributed by atoms with Crippen molar-refractivity contribution in [3.8, 4) is 12.3 Å². The number of hydrogen-bond donors (Lipinski definition) is 0. The van der Waals surface area contributed by atoms with E-state index in [1.165, 1.54) is 0 Å². The van der Waals surface area contributed by atoms with E-state index in [2.05, 4.69) is 5.92 Å². The molecule has 0 bridgehead atoms. The molecule has 1 rings (SSSR count). The first-order chi connectivity index (χ1) is 4.43. The highest BCUT2D eigenvalue weighted by Crippen LogP contribution is 2.03. The van der Waals surface area contributed by atoms with Crippen LogP contribution in [0.3, 0.4) is 0 Å². The van der Waals surface area contributed by atoms with Crippen LogP contribution < -0.4 is 0 Å². The molecule has 0 unspecified atom stereocenters. The van der Waals surface area contributed by atoms with Gasteiger partial charge in [0.05, 0.1) is 13.2 Å². The fraction of sp³-hybridized carbons (Fsp3) is 0.667. The van der Waals surface area contributed by atoms with E-state index in [1.807, 2.05) is 0 Å². The Morgan fingerprint density at radius 3 is 2.78 bits per heavy atom. The maximum Gasteiger partial charge on any atom is 0.272 e. The van der Waals surface area contributed by atoms with Gasteiger partial charge in [0.25, 0.3) is 6.48 Å². The molecule has 0 saturated carbocycles. The average molecular weight is 128 g/mol. The van der Waals surface area contributed by atoms with Crippen molar-refractivity contribution in [2.75, 3.05) is 19.8 Å². The monoisotopic (exact) mass is 128 g/mol. The summed E-state index contributed by atoms with van der Waals surface area (Å²) in [6, 6.07) is 0. The fourth-order valence-electron chi connectivity index (χ4n) is 0.549. The molecule has 0 aliphatic carbocycles. The molecule has 0 spiro atoms. The second-order valence-electron chi connectivity index (χ2n) is 1.55. The van der Waals surface area contributed by atoms with Crippen molar-refractivity contribution < 1.29 is 14.2 Å². The third-order valence-corrected chi connectivity index (χ3v) is 0.894. The maximum atomic E-state index is 4.92. The van der Waals surface area contributed by atoms with Crippen LogP contribution in [0.15, 0.2) is 0 Å². The molecule has 3 nitrogen and oxygen atoms in total. The summed E-state index contributed by atoms with van der Waals surface area (Å²) < 4.78 is 14.7. The summed E-state index contributed by atoms with van der Waals surface area (Å²) in [6.45, 7) is 0.899. The van der Waals surface area contributed by atoms with Gasteiger partial charge in [0.1, 0.15) is 6.61 Å².